The normalized spacial score (nSPS) is 14.8. The zero-order valence-electron chi connectivity index (χ0n) is 19.6. The molecule has 8 heteroatoms. The molecule has 33 heavy (non-hydrogen) atoms. The molecule has 1 N–H and O–H groups in total. The predicted octanol–water partition coefficient (Wildman–Crippen LogP) is 3.96. The van der Waals surface area contributed by atoms with E-state index < -0.39 is 0 Å². The van der Waals surface area contributed by atoms with Gasteiger partial charge in [0.15, 0.2) is 0 Å². The third-order valence-corrected chi connectivity index (χ3v) is 5.94. The molecule has 1 fully saturated rings. The smallest absolute Gasteiger partial charge is 0.318 e. The fourth-order valence-corrected chi connectivity index (χ4v) is 4.14. The molecule has 1 aliphatic rings. The Balaban J connectivity index is 1.40. The van der Waals surface area contributed by atoms with Gasteiger partial charge in [0.2, 0.25) is 0 Å². The summed E-state index contributed by atoms with van der Waals surface area (Å²) in [6, 6.07) is 16.3. The summed E-state index contributed by atoms with van der Waals surface area (Å²) in [7, 11) is 0. The van der Waals surface area contributed by atoms with E-state index in [0.29, 0.717) is 25.5 Å². The lowest BCUT2D eigenvalue weighted by Gasteiger charge is -2.37. The summed E-state index contributed by atoms with van der Waals surface area (Å²) < 4.78 is 7.64. The molecule has 8 nitrogen and oxygen atoms in total. The summed E-state index contributed by atoms with van der Waals surface area (Å²) in [4.78, 5) is 21.3. The molecule has 1 atom stereocenters. The van der Waals surface area contributed by atoms with Gasteiger partial charge in [-0.05, 0) is 38.0 Å². The number of anilines is 1. The lowest BCUT2D eigenvalue weighted by Crippen LogP contribution is -2.52. The number of carbonyl (C=O) groups is 1. The molecule has 1 aliphatic heterocycles. The van der Waals surface area contributed by atoms with Gasteiger partial charge in [-0.3, -0.25) is 0 Å². The molecule has 0 saturated carbocycles. The van der Waals surface area contributed by atoms with Gasteiger partial charge in [0.1, 0.15) is 23.6 Å². The van der Waals surface area contributed by atoms with E-state index in [1.807, 2.05) is 49.1 Å². The van der Waals surface area contributed by atoms with Crippen LogP contribution in [0.4, 0.5) is 10.5 Å². The summed E-state index contributed by atoms with van der Waals surface area (Å²) >= 11 is 0. The minimum Gasteiger partial charge on any atom is -0.492 e. The van der Waals surface area contributed by atoms with Crippen LogP contribution in [0.5, 0.6) is 5.75 Å². The first-order valence-electron chi connectivity index (χ1n) is 11.6. The minimum absolute atomic E-state index is 0.00254. The Morgan fingerprint density at radius 1 is 1.09 bits per heavy atom. The first-order chi connectivity index (χ1) is 16.1. The van der Waals surface area contributed by atoms with Crippen molar-refractivity contribution in [1.82, 2.24) is 25.0 Å². The average molecular weight is 449 g/mol. The second-order valence-corrected chi connectivity index (χ2v) is 8.12. The van der Waals surface area contributed by atoms with Crippen molar-refractivity contribution in [2.75, 3.05) is 37.7 Å². The Morgan fingerprint density at radius 2 is 1.85 bits per heavy atom. The maximum Gasteiger partial charge on any atom is 0.318 e. The SMILES string of the molecule is CCOc1cc(N2CCN(C(=O)NC(CC)c3ccccc3)CC2)ccc1-n1cnc(C)n1. The lowest BCUT2D eigenvalue weighted by atomic mass is 10.1. The highest BCUT2D eigenvalue weighted by Crippen LogP contribution is 2.29. The van der Waals surface area contributed by atoms with Gasteiger partial charge in [-0.1, -0.05) is 37.3 Å². The van der Waals surface area contributed by atoms with Gasteiger partial charge in [0.25, 0.3) is 0 Å². The highest BCUT2D eigenvalue weighted by atomic mass is 16.5. The van der Waals surface area contributed by atoms with E-state index in [0.717, 1.165) is 42.2 Å². The molecular weight excluding hydrogens is 416 g/mol. The number of urea groups is 1. The van der Waals surface area contributed by atoms with E-state index in [-0.39, 0.29) is 12.1 Å². The Kier molecular flexibility index (Phi) is 7.12. The Hall–Kier alpha value is -3.55. The van der Waals surface area contributed by atoms with Crippen molar-refractivity contribution < 1.29 is 9.53 Å². The molecule has 2 amide bonds. The first-order valence-corrected chi connectivity index (χ1v) is 11.6. The molecule has 0 radical (unpaired) electrons. The average Bonchev–Trinajstić information content (AvgIpc) is 3.29. The molecule has 1 unspecified atom stereocenters. The summed E-state index contributed by atoms with van der Waals surface area (Å²) in [5, 5.41) is 7.60. The van der Waals surface area contributed by atoms with Gasteiger partial charge in [-0.25, -0.2) is 14.5 Å². The van der Waals surface area contributed by atoms with Crippen LogP contribution in [0.3, 0.4) is 0 Å². The third kappa shape index (κ3) is 5.27. The van der Waals surface area contributed by atoms with Crippen molar-refractivity contribution in [3.8, 4) is 11.4 Å². The number of aryl methyl sites for hydroxylation is 1. The number of piperazine rings is 1. The maximum absolute atomic E-state index is 12.9. The molecule has 0 aliphatic carbocycles. The highest BCUT2D eigenvalue weighted by molar-refractivity contribution is 5.75. The number of nitrogens with zero attached hydrogens (tertiary/aromatic N) is 5. The molecule has 1 aromatic heterocycles. The number of amides is 2. The zero-order valence-corrected chi connectivity index (χ0v) is 19.6. The molecule has 0 bridgehead atoms. The number of aromatic nitrogens is 3. The van der Waals surface area contributed by atoms with Crippen LogP contribution in [0.15, 0.2) is 54.9 Å². The third-order valence-electron chi connectivity index (χ3n) is 5.94. The maximum atomic E-state index is 12.9. The number of rotatable bonds is 7. The molecule has 1 saturated heterocycles. The Bertz CT molecular complexity index is 1060. The van der Waals surface area contributed by atoms with Gasteiger partial charge in [-0.2, -0.15) is 5.10 Å². The fraction of sp³-hybridized carbons (Fsp3) is 0.400. The zero-order chi connectivity index (χ0) is 23.2. The van der Waals surface area contributed by atoms with Crippen molar-refractivity contribution in [1.29, 1.82) is 0 Å². The van der Waals surface area contributed by atoms with Gasteiger partial charge in [0.05, 0.1) is 12.6 Å². The van der Waals surface area contributed by atoms with Crippen molar-refractivity contribution >= 4 is 11.7 Å². The van der Waals surface area contributed by atoms with Gasteiger partial charge in [0, 0.05) is 37.9 Å². The van der Waals surface area contributed by atoms with E-state index in [9.17, 15) is 4.79 Å². The number of hydrogen-bond donors (Lipinski definition) is 1. The molecule has 3 aromatic rings. The summed E-state index contributed by atoms with van der Waals surface area (Å²) in [6.45, 7) is 9.37. The van der Waals surface area contributed by atoms with Gasteiger partial charge < -0.3 is 19.9 Å². The quantitative estimate of drug-likeness (QED) is 0.592. The van der Waals surface area contributed by atoms with E-state index >= 15 is 0 Å². The van der Waals surface area contributed by atoms with Crippen LogP contribution in [0, 0.1) is 6.92 Å². The van der Waals surface area contributed by atoms with Crippen LogP contribution in [0.25, 0.3) is 5.69 Å². The van der Waals surface area contributed by atoms with Crippen molar-refractivity contribution in [2.45, 2.75) is 33.2 Å². The van der Waals surface area contributed by atoms with Gasteiger partial charge >= 0.3 is 6.03 Å². The van der Waals surface area contributed by atoms with Crippen LogP contribution >= 0.6 is 0 Å². The van der Waals surface area contributed by atoms with Crippen LogP contribution < -0.4 is 15.0 Å². The predicted molar refractivity (Wildman–Crippen MR) is 129 cm³/mol. The Labute approximate surface area is 195 Å². The molecule has 2 aromatic carbocycles. The van der Waals surface area contributed by atoms with E-state index in [1.54, 1.807) is 11.0 Å². The monoisotopic (exact) mass is 448 g/mol. The second kappa shape index (κ2) is 10.4. The van der Waals surface area contributed by atoms with Gasteiger partial charge in [-0.15, -0.1) is 0 Å². The standard InChI is InChI=1S/C25H32N6O2/c1-4-22(20-9-7-6-8-10-20)27-25(32)30-15-13-29(14-16-30)21-11-12-23(24(17-21)33-5-2)31-18-26-19(3)28-31/h6-12,17-18,22H,4-5,13-16H2,1-3H3,(H,27,32). The molecule has 2 heterocycles. The van der Waals surface area contributed by atoms with E-state index in [2.05, 4.69) is 45.4 Å². The van der Waals surface area contributed by atoms with E-state index in [4.69, 9.17) is 4.74 Å². The van der Waals surface area contributed by atoms with Crippen molar-refractivity contribution in [3.63, 3.8) is 0 Å². The number of ether oxygens (including phenoxy) is 1. The van der Waals surface area contributed by atoms with Crippen LogP contribution in [-0.2, 0) is 0 Å². The first kappa shape index (κ1) is 22.6. The molecule has 174 valence electrons. The largest absolute Gasteiger partial charge is 0.492 e. The number of hydrogen-bond acceptors (Lipinski definition) is 5. The molecule has 4 rings (SSSR count). The second-order valence-electron chi connectivity index (χ2n) is 8.12. The van der Waals surface area contributed by atoms with Crippen LogP contribution in [0.2, 0.25) is 0 Å². The fourth-order valence-electron chi connectivity index (χ4n) is 4.14. The highest BCUT2D eigenvalue weighted by Gasteiger charge is 2.24. The minimum atomic E-state index is -0.00254. The molecule has 0 spiro atoms. The van der Waals surface area contributed by atoms with E-state index in [1.165, 1.54) is 0 Å². The van der Waals surface area contributed by atoms with Crippen molar-refractivity contribution in [3.05, 3.63) is 66.2 Å². The number of nitrogens with one attached hydrogen (secondary N) is 1. The lowest BCUT2D eigenvalue weighted by molar-refractivity contribution is 0.190. The number of carbonyl (C=O) groups excluding carboxylic acids is 1. The molecular formula is C25H32N6O2. The Morgan fingerprint density at radius 3 is 2.48 bits per heavy atom. The van der Waals surface area contributed by atoms with Crippen molar-refractivity contribution in [2.24, 2.45) is 0 Å². The number of benzene rings is 2. The summed E-state index contributed by atoms with van der Waals surface area (Å²) in [6.07, 6.45) is 2.55. The topological polar surface area (TPSA) is 75.5 Å². The summed E-state index contributed by atoms with van der Waals surface area (Å²) in [5.41, 5.74) is 3.08. The van der Waals surface area contributed by atoms with Crippen LogP contribution in [0.1, 0.15) is 37.7 Å². The van der Waals surface area contributed by atoms with Crippen LogP contribution in [-0.4, -0.2) is 58.5 Å². The summed E-state index contributed by atoms with van der Waals surface area (Å²) in [5.74, 6) is 1.49.